The molecule has 78 valence electrons. The maximum absolute atomic E-state index is 11.5. The first-order chi connectivity index (χ1) is 6.74. The summed E-state index contributed by atoms with van der Waals surface area (Å²) in [6.07, 6.45) is 1.80. The fraction of sp³-hybridized carbons (Fsp3) is 0.778. The lowest BCUT2D eigenvalue weighted by Gasteiger charge is -2.35. The highest BCUT2D eigenvalue weighted by Crippen LogP contribution is 2.26. The van der Waals surface area contributed by atoms with Gasteiger partial charge in [-0.1, -0.05) is 0 Å². The summed E-state index contributed by atoms with van der Waals surface area (Å²) in [7, 11) is 0. The van der Waals surface area contributed by atoms with Gasteiger partial charge < -0.3 is 16.0 Å². The van der Waals surface area contributed by atoms with E-state index in [2.05, 4.69) is 5.32 Å². The Hall–Kier alpha value is -1.10. The Bertz CT molecular complexity index is 267. The second-order valence-electron chi connectivity index (χ2n) is 3.85. The van der Waals surface area contributed by atoms with E-state index in [-0.39, 0.29) is 30.3 Å². The Morgan fingerprint density at radius 3 is 3.14 bits per heavy atom. The van der Waals surface area contributed by atoms with Crippen LogP contribution in [0.3, 0.4) is 0 Å². The van der Waals surface area contributed by atoms with Crippen LogP contribution in [0.1, 0.15) is 12.8 Å². The molecule has 2 atom stereocenters. The smallest absolute Gasteiger partial charge is 0.236 e. The lowest BCUT2D eigenvalue weighted by atomic mass is 9.91. The predicted octanol–water partition coefficient (Wildman–Crippen LogP) is -1.32. The minimum absolute atomic E-state index is 0.000694. The van der Waals surface area contributed by atoms with Crippen molar-refractivity contribution in [2.75, 3.05) is 19.6 Å². The van der Waals surface area contributed by atoms with Crippen LogP contribution in [0.2, 0.25) is 0 Å². The van der Waals surface area contributed by atoms with Gasteiger partial charge in [-0.15, -0.1) is 0 Å². The second kappa shape index (κ2) is 3.57. The molecule has 2 aliphatic heterocycles. The number of piperidine rings is 1. The van der Waals surface area contributed by atoms with Crippen molar-refractivity contribution >= 4 is 11.8 Å². The zero-order valence-electron chi connectivity index (χ0n) is 8.03. The van der Waals surface area contributed by atoms with Crippen LogP contribution in [0, 0.1) is 5.92 Å². The molecule has 0 spiro atoms. The van der Waals surface area contributed by atoms with Crippen molar-refractivity contribution in [3.8, 4) is 0 Å². The molecule has 0 aromatic rings. The predicted molar refractivity (Wildman–Crippen MR) is 50.3 cm³/mol. The van der Waals surface area contributed by atoms with Crippen LogP contribution in [0.15, 0.2) is 0 Å². The van der Waals surface area contributed by atoms with E-state index in [1.54, 1.807) is 4.90 Å². The molecule has 5 heteroatoms. The fourth-order valence-electron chi connectivity index (χ4n) is 2.38. The topological polar surface area (TPSA) is 75.4 Å². The van der Waals surface area contributed by atoms with E-state index in [0.29, 0.717) is 6.54 Å². The summed E-state index contributed by atoms with van der Waals surface area (Å²) in [4.78, 5) is 24.6. The van der Waals surface area contributed by atoms with Crippen molar-refractivity contribution in [1.82, 2.24) is 10.2 Å². The molecular formula is C9H15N3O2. The second-order valence-corrected chi connectivity index (χ2v) is 3.85. The molecule has 2 unspecified atom stereocenters. The zero-order chi connectivity index (χ0) is 10.1. The number of hydrogen-bond acceptors (Lipinski definition) is 3. The Kier molecular flexibility index (Phi) is 2.41. The number of fused-ring (bicyclic) bond motifs is 1. The van der Waals surface area contributed by atoms with E-state index in [4.69, 9.17) is 5.73 Å². The number of hydrogen-bond donors (Lipinski definition) is 2. The highest BCUT2D eigenvalue weighted by atomic mass is 16.2. The molecule has 2 heterocycles. The Balaban J connectivity index is 2.12. The van der Waals surface area contributed by atoms with E-state index >= 15 is 0 Å². The molecular weight excluding hydrogens is 182 g/mol. The van der Waals surface area contributed by atoms with Gasteiger partial charge in [0.05, 0.1) is 18.5 Å². The van der Waals surface area contributed by atoms with Crippen LogP contribution >= 0.6 is 0 Å². The van der Waals surface area contributed by atoms with Crippen LogP contribution in [0.25, 0.3) is 0 Å². The molecule has 0 radical (unpaired) electrons. The summed E-state index contributed by atoms with van der Waals surface area (Å²) >= 11 is 0. The summed E-state index contributed by atoms with van der Waals surface area (Å²) in [6, 6.07) is 0.0484. The van der Waals surface area contributed by atoms with Crippen molar-refractivity contribution in [2.45, 2.75) is 18.9 Å². The Labute approximate surface area is 82.6 Å². The van der Waals surface area contributed by atoms with Gasteiger partial charge in [-0.2, -0.15) is 0 Å². The lowest BCUT2D eigenvalue weighted by Crippen LogP contribution is -2.50. The first-order valence-electron chi connectivity index (χ1n) is 5.01. The molecule has 14 heavy (non-hydrogen) atoms. The Morgan fingerprint density at radius 2 is 2.43 bits per heavy atom. The summed E-state index contributed by atoms with van der Waals surface area (Å²) in [5, 5.41) is 2.80. The van der Waals surface area contributed by atoms with Gasteiger partial charge in [0.25, 0.3) is 0 Å². The van der Waals surface area contributed by atoms with Crippen LogP contribution < -0.4 is 11.1 Å². The molecule has 2 aliphatic rings. The monoisotopic (exact) mass is 197 g/mol. The van der Waals surface area contributed by atoms with Gasteiger partial charge in [-0.3, -0.25) is 9.59 Å². The van der Waals surface area contributed by atoms with Crippen molar-refractivity contribution in [3.63, 3.8) is 0 Å². The number of nitrogens with one attached hydrogen (secondary N) is 1. The van der Waals surface area contributed by atoms with Crippen LogP contribution in [0.5, 0.6) is 0 Å². The average Bonchev–Trinajstić information content (AvgIpc) is 2.59. The maximum atomic E-state index is 11.5. The third-order valence-electron chi connectivity index (χ3n) is 3.10. The van der Waals surface area contributed by atoms with Crippen molar-refractivity contribution in [1.29, 1.82) is 0 Å². The van der Waals surface area contributed by atoms with Crippen LogP contribution in [-0.4, -0.2) is 42.4 Å². The first-order valence-corrected chi connectivity index (χ1v) is 5.01. The number of nitrogens with two attached hydrogens (primary N) is 1. The summed E-state index contributed by atoms with van der Waals surface area (Å²) in [5.41, 5.74) is 5.32. The minimum Gasteiger partial charge on any atom is -0.354 e. The minimum atomic E-state index is -0.0452. The number of nitrogens with zero attached hydrogens (tertiary/aromatic N) is 1. The van der Waals surface area contributed by atoms with Gasteiger partial charge in [-0.05, 0) is 12.8 Å². The molecule has 0 bridgehead atoms. The number of amides is 2. The summed E-state index contributed by atoms with van der Waals surface area (Å²) in [5.74, 6) is 0.0416. The molecule has 0 aromatic carbocycles. The van der Waals surface area contributed by atoms with E-state index in [1.165, 1.54) is 0 Å². The molecule has 0 saturated carbocycles. The molecule has 2 amide bonds. The molecule has 2 fully saturated rings. The van der Waals surface area contributed by atoms with E-state index in [1.807, 2.05) is 0 Å². The van der Waals surface area contributed by atoms with Crippen molar-refractivity contribution in [3.05, 3.63) is 0 Å². The SMILES string of the molecule is NCC(=O)N1CCCC2C(=O)NCC21. The third-order valence-corrected chi connectivity index (χ3v) is 3.10. The largest absolute Gasteiger partial charge is 0.354 e. The summed E-state index contributed by atoms with van der Waals surface area (Å²) < 4.78 is 0. The quantitative estimate of drug-likeness (QED) is 0.547. The van der Waals surface area contributed by atoms with Crippen LogP contribution in [-0.2, 0) is 9.59 Å². The highest BCUT2D eigenvalue weighted by Gasteiger charge is 2.42. The normalized spacial score (nSPS) is 31.2. The highest BCUT2D eigenvalue weighted by molar-refractivity contribution is 5.85. The van der Waals surface area contributed by atoms with Gasteiger partial charge in [0.15, 0.2) is 0 Å². The maximum Gasteiger partial charge on any atom is 0.236 e. The van der Waals surface area contributed by atoms with E-state index in [0.717, 1.165) is 19.4 Å². The molecule has 0 aliphatic carbocycles. The number of likely N-dealkylation sites (tertiary alicyclic amines) is 1. The number of rotatable bonds is 1. The van der Waals surface area contributed by atoms with E-state index < -0.39 is 0 Å². The van der Waals surface area contributed by atoms with E-state index in [9.17, 15) is 9.59 Å². The standard InChI is InChI=1S/C9H15N3O2/c10-4-8(13)12-3-1-2-6-7(12)5-11-9(6)14/h6-7H,1-5,10H2,(H,11,14). The van der Waals surface area contributed by atoms with Gasteiger partial charge in [0.1, 0.15) is 0 Å². The first kappa shape index (κ1) is 9.45. The van der Waals surface area contributed by atoms with Gasteiger partial charge in [-0.25, -0.2) is 0 Å². The molecule has 0 aromatic heterocycles. The molecule has 3 N–H and O–H groups in total. The zero-order valence-corrected chi connectivity index (χ0v) is 8.03. The number of carbonyl (C=O) groups excluding carboxylic acids is 2. The lowest BCUT2D eigenvalue weighted by molar-refractivity contribution is -0.135. The Morgan fingerprint density at radius 1 is 1.64 bits per heavy atom. The third kappa shape index (κ3) is 1.37. The number of carbonyl (C=O) groups is 2. The molecule has 2 rings (SSSR count). The fourth-order valence-corrected chi connectivity index (χ4v) is 2.38. The molecule has 2 saturated heterocycles. The van der Waals surface area contributed by atoms with Gasteiger partial charge in [0.2, 0.25) is 11.8 Å². The van der Waals surface area contributed by atoms with Gasteiger partial charge >= 0.3 is 0 Å². The summed E-state index contributed by atoms with van der Waals surface area (Å²) in [6.45, 7) is 1.37. The van der Waals surface area contributed by atoms with Crippen molar-refractivity contribution in [2.24, 2.45) is 11.7 Å². The van der Waals surface area contributed by atoms with Gasteiger partial charge in [0, 0.05) is 13.1 Å². The van der Waals surface area contributed by atoms with Crippen molar-refractivity contribution < 1.29 is 9.59 Å². The average molecular weight is 197 g/mol. The molecule has 5 nitrogen and oxygen atoms in total. The van der Waals surface area contributed by atoms with Crippen LogP contribution in [0.4, 0.5) is 0 Å².